The lowest BCUT2D eigenvalue weighted by molar-refractivity contribution is -0.133. The Bertz CT molecular complexity index is 1190. The molecule has 2 aliphatic rings. The molecule has 1 aliphatic heterocycles. The lowest BCUT2D eigenvalue weighted by Gasteiger charge is -2.44. The SMILES string of the molecule is C[C@]1(C(=O)NC2CCCCCC2)Cn2c(cc3ccccc32)C(=O)N1CCc1ccc(Cl)cc1. The predicted octanol–water partition coefficient (Wildman–Crippen LogP) is 5.59. The van der Waals surface area contributed by atoms with Gasteiger partial charge in [-0.15, -0.1) is 0 Å². The third kappa shape index (κ3) is 4.34. The second kappa shape index (κ2) is 9.46. The molecular formula is C28H32ClN3O2. The van der Waals surface area contributed by atoms with Crippen LogP contribution in [0.15, 0.2) is 54.6 Å². The van der Waals surface area contributed by atoms with E-state index in [4.69, 9.17) is 11.6 Å². The molecule has 178 valence electrons. The highest BCUT2D eigenvalue weighted by molar-refractivity contribution is 6.30. The zero-order valence-corrected chi connectivity index (χ0v) is 20.5. The first-order valence-electron chi connectivity index (χ1n) is 12.4. The third-order valence-electron chi connectivity index (χ3n) is 7.55. The van der Waals surface area contributed by atoms with Crippen LogP contribution < -0.4 is 5.32 Å². The maximum Gasteiger partial charge on any atom is 0.271 e. The summed E-state index contributed by atoms with van der Waals surface area (Å²) in [5.74, 6) is -0.137. The number of hydrogen-bond donors (Lipinski definition) is 1. The van der Waals surface area contributed by atoms with Crippen molar-refractivity contribution in [3.63, 3.8) is 0 Å². The fourth-order valence-electron chi connectivity index (χ4n) is 5.51. The van der Waals surface area contributed by atoms with Crippen LogP contribution in [-0.4, -0.2) is 39.4 Å². The molecule has 0 unspecified atom stereocenters. The molecule has 0 radical (unpaired) electrons. The largest absolute Gasteiger partial charge is 0.351 e. The first-order chi connectivity index (χ1) is 16.5. The number of fused-ring (bicyclic) bond motifs is 3. The highest BCUT2D eigenvalue weighted by Crippen LogP contribution is 2.33. The Morgan fingerprint density at radius 1 is 1.06 bits per heavy atom. The van der Waals surface area contributed by atoms with E-state index < -0.39 is 5.54 Å². The quantitative estimate of drug-likeness (QED) is 0.487. The Balaban J connectivity index is 1.47. The summed E-state index contributed by atoms with van der Waals surface area (Å²) in [6, 6.07) is 17.8. The minimum atomic E-state index is -0.968. The number of benzene rings is 2. The molecule has 2 heterocycles. The van der Waals surface area contributed by atoms with Gasteiger partial charge in [0, 0.05) is 28.5 Å². The molecule has 0 saturated heterocycles. The molecule has 1 saturated carbocycles. The van der Waals surface area contributed by atoms with Crippen molar-refractivity contribution in [1.29, 1.82) is 0 Å². The van der Waals surface area contributed by atoms with E-state index in [1.54, 1.807) is 4.90 Å². The monoisotopic (exact) mass is 477 g/mol. The van der Waals surface area contributed by atoms with Crippen molar-refractivity contribution in [2.45, 2.75) is 70.0 Å². The number of para-hydroxylation sites is 1. The van der Waals surface area contributed by atoms with Gasteiger partial charge in [0.2, 0.25) is 5.91 Å². The molecule has 6 heteroatoms. The molecular weight excluding hydrogens is 446 g/mol. The van der Waals surface area contributed by atoms with E-state index in [1.807, 2.05) is 66.1 Å². The molecule has 1 aliphatic carbocycles. The van der Waals surface area contributed by atoms with Crippen molar-refractivity contribution in [1.82, 2.24) is 14.8 Å². The Morgan fingerprint density at radius 3 is 2.50 bits per heavy atom. The van der Waals surface area contributed by atoms with Gasteiger partial charge in [-0.05, 0) is 56.0 Å². The van der Waals surface area contributed by atoms with Gasteiger partial charge in [-0.1, -0.05) is 67.6 Å². The molecule has 3 aromatic rings. The Kier molecular flexibility index (Phi) is 6.39. The number of carbonyl (C=O) groups is 2. The fourth-order valence-corrected chi connectivity index (χ4v) is 5.64. The molecule has 1 atom stereocenters. The second-order valence-electron chi connectivity index (χ2n) is 9.94. The Hall–Kier alpha value is -2.79. The summed E-state index contributed by atoms with van der Waals surface area (Å²) in [4.78, 5) is 29.5. The van der Waals surface area contributed by atoms with Gasteiger partial charge in [0.05, 0.1) is 6.54 Å². The lowest BCUT2D eigenvalue weighted by atomic mass is 9.93. The van der Waals surface area contributed by atoms with E-state index in [2.05, 4.69) is 5.32 Å². The molecule has 0 spiro atoms. The van der Waals surface area contributed by atoms with Gasteiger partial charge in [0.1, 0.15) is 11.2 Å². The van der Waals surface area contributed by atoms with Gasteiger partial charge in [-0.3, -0.25) is 9.59 Å². The van der Waals surface area contributed by atoms with Crippen LogP contribution in [0.3, 0.4) is 0 Å². The number of amides is 2. The molecule has 2 aromatic carbocycles. The van der Waals surface area contributed by atoms with Crippen molar-refractivity contribution < 1.29 is 9.59 Å². The summed E-state index contributed by atoms with van der Waals surface area (Å²) in [5.41, 5.74) is 1.77. The predicted molar refractivity (Wildman–Crippen MR) is 136 cm³/mol. The number of nitrogens with one attached hydrogen (secondary N) is 1. The highest BCUT2D eigenvalue weighted by atomic mass is 35.5. The lowest BCUT2D eigenvalue weighted by Crippen LogP contribution is -2.65. The average Bonchev–Trinajstić information content (AvgIpc) is 3.00. The summed E-state index contributed by atoms with van der Waals surface area (Å²) >= 11 is 6.05. The van der Waals surface area contributed by atoms with Gasteiger partial charge in [-0.25, -0.2) is 0 Å². The summed E-state index contributed by atoms with van der Waals surface area (Å²) in [6.45, 7) is 2.84. The third-order valence-corrected chi connectivity index (χ3v) is 7.81. The second-order valence-corrected chi connectivity index (χ2v) is 10.4. The van der Waals surface area contributed by atoms with E-state index >= 15 is 0 Å². The normalized spacial score (nSPS) is 21.4. The number of hydrogen-bond acceptors (Lipinski definition) is 2. The van der Waals surface area contributed by atoms with Crippen LogP contribution in [0, 0.1) is 0 Å². The molecule has 0 bridgehead atoms. The topological polar surface area (TPSA) is 54.3 Å². The first-order valence-corrected chi connectivity index (χ1v) is 12.8. The van der Waals surface area contributed by atoms with E-state index in [0.717, 1.165) is 42.1 Å². The van der Waals surface area contributed by atoms with Crippen molar-refractivity contribution >= 4 is 34.3 Å². The van der Waals surface area contributed by atoms with Gasteiger partial charge >= 0.3 is 0 Å². The van der Waals surface area contributed by atoms with Crippen LogP contribution in [0.5, 0.6) is 0 Å². The maximum absolute atomic E-state index is 13.8. The van der Waals surface area contributed by atoms with E-state index in [9.17, 15) is 9.59 Å². The molecule has 2 amide bonds. The smallest absolute Gasteiger partial charge is 0.271 e. The zero-order valence-electron chi connectivity index (χ0n) is 19.7. The van der Waals surface area contributed by atoms with Gasteiger partial charge in [0.15, 0.2) is 0 Å². The maximum atomic E-state index is 13.8. The average molecular weight is 478 g/mol. The molecule has 1 fully saturated rings. The minimum absolute atomic E-state index is 0.0488. The number of nitrogens with zero attached hydrogens (tertiary/aromatic N) is 2. The zero-order chi connectivity index (χ0) is 23.7. The number of aromatic nitrogens is 1. The standard InChI is InChI=1S/C28H32ClN3O2/c1-28(27(34)30-23-9-4-2-3-5-10-23)19-31-24-11-7-6-8-21(24)18-25(31)26(33)32(28)17-16-20-12-14-22(29)15-13-20/h6-8,11-15,18,23H,2-5,9-10,16-17,19H2,1H3,(H,30,34)/t28-/m1/s1. The first kappa shape index (κ1) is 23.0. The van der Waals surface area contributed by atoms with Gasteiger partial charge in [-0.2, -0.15) is 0 Å². The van der Waals surface area contributed by atoms with Crippen molar-refractivity contribution in [2.24, 2.45) is 0 Å². The van der Waals surface area contributed by atoms with Crippen LogP contribution in [-0.2, 0) is 17.8 Å². The van der Waals surface area contributed by atoms with Crippen LogP contribution >= 0.6 is 11.6 Å². The minimum Gasteiger partial charge on any atom is -0.351 e. The molecule has 5 rings (SSSR count). The summed E-state index contributed by atoms with van der Waals surface area (Å²) < 4.78 is 2.03. The van der Waals surface area contributed by atoms with Crippen molar-refractivity contribution in [3.8, 4) is 0 Å². The van der Waals surface area contributed by atoms with Gasteiger partial charge < -0.3 is 14.8 Å². The van der Waals surface area contributed by atoms with Crippen LogP contribution in [0.4, 0.5) is 0 Å². The Labute approximate surface area is 206 Å². The van der Waals surface area contributed by atoms with E-state index in [0.29, 0.717) is 30.2 Å². The summed E-state index contributed by atoms with van der Waals surface area (Å²) in [6.07, 6.45) is 7.44. The van der Waals surface area contributed by atoms with Crippen molar-refractivity contribution in [2.75, 3.05) is 6.54 Å². The molecule has 1 aromatic heterocycles. The number of carbonyl (C=O) groups excluding carboxylic acids is 2. The van der Waals surface area contributed by atoms with Crippen LogP contribution in [0.1, 0.15) is 61.5 Å². The summed E-state index contributed by atoms with van der Waals surface area (Å²) in [5, 5.41) is 5.05. The Morgan fingerprint density at radius 2 is 1.76 bits per heavy atom. The van der Waals surface area contributed by atoms with Gasteiger partial charge in [0.25, 0.3) is 5.91 Å². The van der Waals surface area contributed by atoms with E-state index in [-0.39, 0.29) is 17.9 Å². The highest BCUT2D eigenvalue weighted by Gasteiger charge is 2.47. The van der Waals surface area contributed by atoms with Crippen LogP contribution in [0.2, 0.25) is 5.02 Å². The molecule has 34 heavy (non-hydrogen) atoms. The van der Waals surface area contributed by atoms with E-state index in [1.165, 1.54) is 12.8 Å². The number of halogens is 1. The van der Waals surface area contributed by atoms with Crippen LogP contribution in [0.25, 0.3) is 10.9 Å². The molecule has 5 nitrogen and oxygen atoms in total. The molecule has 1 N–H and O–H groups in total. The fraction of sp³-hybridized carbons (Fsp3) is 0.429. The van der Waals surface area contributed by atoms with Crippen molar-refractivity contribution in [3.05, 3.63) is 70.9 Å². The number of rotatable bonds is 5. The summed E-state index contributed by atoms with van der Waals surface area (Å²) in [7, 11) is 0.